The molecule has 24 heavy (non-hydrogen) atoms. The van der Waals surface area contributed by atoms with E-state index in [2.05, 4.69) is 31.1 Å². The topological polar surface area (TPSA) is 36.3 Å². The summed E-state index contributed by atoms with van der Waals surface area (Å²) in [6, 6.07) is 15.9. The molecular weight excluding hydrogens is 320 g/mol. The van der Waals surface area contributed by atoms with Crippen molar-refractivity contribution in [2.45, 2.75) is 25.0 Å². The average molecular weight is 341 g/mol. The minimum Gasteiger partial charge on any atom is -0.361 e. The highest BCUT2D eigenvalue weighted by molar-refractivity contribution is 6.30. The van der Waals surface area contributed by atoms with Gasteiger partial charge in [-0.05, 0) is 74.4 Å². The van der Waals surface area contributed by atoms with Gasteiger partial charge in [-0.2, -0.15) is 5.26 Å². The summed E-state index contributed by atoms with van der Waals surface area (Å²) in [5, 5.41) is 9.78. The van der Waals surface area contributed by atoms with Crippen molar-refractivity contribution < 1.29 is 4.74 Å². The van der Waals surface area contributed by atoms with Crippen LogP contribution >= 0.6 is 11.6 Å². The molecule has 1 heterocycles. The zero-order chi connectivity index (χ0) is 17.2. The maximum atomic E-state index is 9.05. The predicted octanol–water partition coefficient (Wildman–Crippen LogP) is 4.33. The van der Waals surface area contributed by atoms with E-state index in [-0.39, 0.29) is 0 Å². The van der Waals surface area contributed by atoms with Crippen LogP contribution in [0.2, 0.25) is 5.02 Å². The van der Waals surface area contributed by atoms with Crippen molar-refractivity contribution in [1.29, 1.82) is 5.26 Å². The predicted molar refractivity (Wildman–Crippen MR) is 96.0 cm³/mol. The molecule has 3 rings (SSSR count). The lowest BCUT2D eigenvalue weighted by atomic mass is 9.81. The molecule has 124 valence electrons. The van der Waals surface area contributed by atoms with Crippen LogP contribution < -0.4 is 0 Å². The Morgan fingerprint density at radius 2 is 1.96 bits per heavy atom. The minimum atomic E-state index is -0.454. The number of nitrogens with zero attached hydrogens (tertiary/aromatic N) is 2. The Labute approximate surface area is 148 Å². The summed E-state index contributed by atoms with van der Waals surface area (Å²) in [6.07, 6.45) is 1.92. The lowest BCUT2D eigenvalue weighted by Crippen LogP contribution is -2.28. The van der Waals surface area contributed by atoms with Crippen LogP contribution in [0.25, 0.3) is 0 Å². The van der Waals surface area contributed by atoms with Crippen LogP contribution in [-0.2, 0) is 16.9 Å². The van der Waals surface area contributed by atoms with Crippen molar-refractivity contribution in [1.82, 2.24) is 4.90 Å². The number of halogens is 1. The maximum absolute atomic E-state index is 9.05. The van der Waals surface area contributed by atoms with Crippen molar-refractivity contribution in [3.05, 3.63) is 69.7 Å². The van der Waals surface area contributed by atoms with Gasteiger partial charge >= 0.3 is 0 Å². The molecule has 1 aliphatic heterocycles. The van der Waals surface area contributed by atoms with Gasteiger partial charge in [0.15, 0.2) is 0 Å². The van der Waals surface area contributed by atoms with Gasteiger partial charge in [0.2, 0.25) is 0 Å². The van der Waals surface area contributed by atoms with E-state index in [1.165, 1.54) is 5.56 Å². The first kappa shape index (κ1) is 17.0. The molecule has 4 heteroatoms. The fourth-order valence-corrected chi connectivity index (χ4v) is 3.60. The maximum Gasteiger partial charge on any atom is 0.119 e. The van der Waals surface area contributed by atoms with Gasteiger partial charge in [-0.1, -0.05) is 29.8 Å². The molecule has 0 bridgehead atoms. The molecule has 0 aromatic heterocycles. The van der Waals surface area contributed by atoms with Gasteiger partial charge in [-0.25, -0.2) is 0 Å². The van der Waals surface area contributed by atoms with E-state index in [0.717, 1.165) is 35.5 Å². The number of ether oxygens (including phenoxy) is 1. The molecule has 1 unspecified atom stereocenters. The molecule has 0 aliphatic carbocycles. The highest BCUT2D eigenvalue weighted by Crippen LogP contribution is 2.46. The second-order valence-electron chi connectivity index (χ2n) is 6.51. The Morgan fingerprint density at radius 1 is 1.21 bits per heavy atom. The normalized spacial score (nSPS) is 19.3. The highest BCUT2D eigenvalue weighted by atomic mass is 35.5. The second-order valence-corrected chi connectivity index (χ2v) is 6.95. The van der Waals surface area contributed by atoms with Crippen molar-refractivity contribution in [2.24, 2.45) is 0 Å². The number of hydrogen-bond acceptors (Lipinski definition) is 3. The Hall–Kier alpha value is -1.86. The fourth-order valence-electron chi connectivity index (χ4n) is 3.40. The van der Waals surface area contributed by atoms with E-state index in [0.29, 0.717) is 12.2 Å². The van der Waals surface area contributed by atoms with E-state index in [4.69, 9.17) is 21.6 Å². The van der Waals surface area contributed by atoms with E-state index in [1.54, 1.807) is 0 Å². The molecule has 1 aliphatic rings. The van der Waals surface area contributed by atoms with Gasteiger partial charge in [0, 0.05) is 5.02 Å². The molecule has 0 spiro atoms. The molecule has 0 saturated carbocycles. The third-order valence-corrected chi connectivity index (χ3v) is 4.83. The molecule has 2 aromatic carbocycles. The number of nitriles is 1. The smallest absolute Gasteiger partial charge is 0.119 e. The number of benzene rings is 2. The minimum absolute atomic E-state index is 0.454. The number of hydrogen-bond donors (Lipinski definition) is 0. The summed E-state index contributed by atoms with van der Waals surface area (Å²) < 4.78 is 6.35. The van der Waals surface area contributed by atoms with Crippen LogP contribution in [0.1, 0.15) is 35.1 Å². The van der Waals surface area contributed by atoms with Crippen LogP contribution in [-0.4, -0.2) is 25.5 Å². The van der Waals surface area contributed by atoms with Gasteiger partial charge in [0.25, 0.3) is 0 Å². The SMILES string of the molecule is CN(C)CCCC1(c2ccc(C#N)cc2)OCc2cc(Cl)ccc21. The van der Waals surface area contributed by atoms with Crippen molar-refractivity contribution >= 4 is 11.6 Å². The standard InChI is InChI=1S/C20H21ClN2O/c1-23(2)11-3-10-20(17-6-4-15(13-22)5-7-17)19-9-8-18(21)12-16(19)14-24-20/h4-9,12H,3,10-11,14H2,1-2H3. The van der Waals surface area contributed by atoms with Crippen LogP contribution in [0.15, 0.2) is 42.5 Å². The van der Waals surface area contributed by atoms with E-state index >= 15 is 0 Å². The van der Waals surface area contributed by atoms with Crippen LogP contribution in [0.4, 0.5) is 0 Å². The Kier molecular flexibility index (Phi) is 4.91. The van der Waals surface area contributed by atoms with E-state index in [9.17, 15) is 0 Å². The van der Waals surface area contributed by atoms with Crippen LogP contribution in [0.3, 0.4) is 0 Å². The molecule has 1 atom stereocenters. The third-order valence-electron chi connectivity index (χ3n) is 4.59. The van der Waals surface area contributed by atoms with Gasteiger partial charge in [0.05, 0.1) is 18.2 Å². The van der Waals surface area contributed by atoms with Crippen LogP contribution in [0, 0.1) is 11.3 Å². The van der Waals surface area contributed by atoms with Crippen molar-refractivity contribution in [2.75, 3.05) is 20.6 Å². The molecule has 0 radical (unpaired) electrons. The van der Waals surface area contributed by atoms with E-state index < -0.39 is 5.60 Å². The largest absolute Gasteiger partial charge is 0.361 e. The monoisotopic (exact) mass is 340 g/mol. The molecule has 0 saturated heterocycles. The lowest BCUT2D eigenvalue weighted by molar-refractivity contribution is -0.0139. The molecule has 0 N–H and O–H groups in total. The van der Waals surface area contributed by atoms with Gasteiger partial charge in [0.1, 0.15) is 5.60 Å². The van der Waals surface area contributed by atoms with Crippen molar-refractivity contribution in [3.8, 4) is 6.07 Å². The highest BCUT2D eigenvalue weighted by Gasteiger charge is 2.41. The van der Waals surface area contributed by atoms with Gasteiger partial charge < -0.3 is 9.64 Å². The van der Waals surface area contributed by atoms with Crippen molar-refractivity contribution in [3.63, 3.8) is 0 Å². The Bertz CT molecular complexity index is 764. The summed E-state index contributed by atoms with van der Waals surface area (Å²) in [4.78, 5) is 2.18. The Balaban J connectivity index is 2.01. The van der Waals surface area contributed by atoms with Gasteiger partial charge in [-0.15, -0.1) is 0 Å². The molecule has 3 nitrogen and oxygen atoms in total. The summed E-state index contributed by atoms with van der Waals surface area (Å²) in [7, 11) is 4.16. The lowest BCUT2D eigenvalue weighted by Gasteiger charge is -2.31. The summed E-state index contributed by atoms with van der Waals surface area (Å²) in [5.74, 6) is 0. The third kappa shape index (κ3) is 3.18. The van der Waals surface area contributed by atoms with Crippen LogP contribution in [0.5, 0.6) is 0 Å². The zero-order valence-corrected chi connectivity index (χ0v) is 14.8. The first-order valence-corrected chi connectivity index (χ1v) is 8.51. The molecule has 0 amide bonds. The zero-order valence-electron chi connectivity index (χ0n) is 14.1. The first-order valence-electron chi connectivity index (χ1n) is 8.13. The molecule has 0 fully saturated rings. The Morgan fingerprint density at radius 3 is 2.62 bits per heavy atom. The molecule has 2 aromatic rings. The average Bonchev–Trinajstić information content (AvgIpc) is 2.93. The summed E-state index contributed by atoms with van der Waals surface area (Å²) in [5.41, 5.74) is 3.65. The first-order chi connectivity index (χ1) is 11.5. The van der Waals surface area contributed by atoms with E-state index in [1.807, 2.05) is 36.4 Å². The number of fused-ring (bicyclic) bond motifs is 1. The number of rotatable bonds is 5. The molecular formula is C20H21ClN2O. The fraction of sp³-hybridized carbons (Fsp3) is 0.350. The summed E-state index contributed by atoms with van der Waals surface area (Å²) in [6.45, 7) is 1.57. The second kappa shape index (κ2) is 6.94. The summed E-state index contributed by atoms with van der Waals surface area (Å²) >= 11 is 6.15. The van der Waals surface area contributed by atoms with Gasteiger partial charge in [-0.3, -0.25) is 0 Å². The quantitative estimate of drug-likeness (QED) is 0.813.